The molecule has 5 heteroatoms. The molecule has 0 bridgehead atoms. The van der Waals surface area contributed by atoms with E-state index in [0.717, 1.165) is 19.0 Å². The SMILES string of the molecule is c1n[nH]c(C2COCC[N]2)n1. The quantitative estimate of drug-likeness (QED) is 0.590. The molecule has 11 heavy (non-hydrogen) atoms. The van der Waals surface area contributed by atoms with Gasteiger partial charge in [0.25, 0.3) is 0 Å². The van der Waals surface area contributed by atoms with E-state index in [-0.39, 0.29) is 6.04 Å². The second-order valence-corrected chi connectivity index (χ2v) is 2.37. The zero-order chi connectivity index (χ0) is 7.52. The highest BCUT2D eigenvalue weighted by Gasteiger charge is 2.18. The molecule has 1 aliphatic heterocycles. The minimum Gasteiger partial charge on any atom is -0.378 e. The first-order valence-corrected chi connectivity index (χ1v) is 3.56. The van der Waals surface area contributed by atoms with Gasteiger partial charge < -0.3 is 4.74 Å². The fraction of sp³-hybridized carbons (Fsp3) is 0.667. The third-order valence-corrected chi connectivity index (χ3v) is 1.61. The van der Waals surface area contributed by atoms with Crippen LogP contribution in [-0.4, -0.2) is 34.9 Å². The topological polar surface area (TPSA) is 64.9 Å². The largest absolute Gasteiger partial charge is 0.378 e. The molecule has 0 spiro atoms. The summed E-state index contributed by atoms with van der Waals surface area (Å²) in [6.07, 6.45) is 1.49. The Morgan fingerprint density at radius 2 is 2.64 bits per heavy atom. The summed E-state index contributed by atoms with van der Waals surface area (Å²) in [5.74, 6) is 0.796. The molecule has 1 radical (unpaired) electrons. The summed E-state index contributed by atoms with van der Waals surface area (Å²) in [6.45, 7) is 2.10. The van der Waals surface area contributed by atoms with E-state index in [0.29, 0.717) is 6.61 Å². The van der Waals surface area contributed by atoms with Crippen molar-refractivity contribution in [3.63, 3.8) is 0 Å². The standard InChI is InChI=1S/C6H9N4O/c1-2-11-3-5(7-1)6-8-4-9-10-6/h4-5H,1-3H2,(H,8,9,10). The second-order valence-electron chi connectivity index (χ2n) is 2.37. The number of aromatic nitrogens is 3. The molecule has 59 valence electrons. The van der Waals surface area contributed by atoms with Gasteiger partial charge in [-0.25, -0.2) is 10.3 Å². The minimum absolute atomic E-state index is 0.0613. The Hall–Kier alpha value is -0.940. The Morgan fingerprint density at radius 1 is 1.64 bits per heavy atom. The zero-order valence-electron chi connectivity index (χ0n) is 6.03. The van der Waals surface area contributed by atoms with Gasteiger partial charge in [-0.3, -0.25) is 5.10 Å². The van der Waals surface area contributed by atoms with Crippen LogP contribution >= 0.6 is 0 Å². The number of nitrogens with zero attached hydrogens (tertiary/aromatic N) is 3. The molecular weight excluding hydrogens is 144 g/mol. The average molecular weight is 153 g/mol. The van der Waals surface area contributed by atoms with Crippen molar-refractivity contribution in [1.82, 2.24) is 20.5 Å². The number of morpholine rings is 1. The van der Waals surface area contributed by atoms with Gasteiger partial charge in [0, 0.05) is 6.54 Å². The summed E-state index contributed by atoms with van der Waals surface area (Å²) >= 11 is 0. The number of hydrogen-bond acceptors (Lipinski definition) is 3. The molecule has 2 rings (SSSR count). The van der Waals surface area contributed by atoms with E-state index < -0.39 is 0 Å². The Labute approximate surface area is 64.2 Å². The van der Waals surface area contributed by atoms with Gasteiger partial charge in [-0.2, -0.15) is 5.10 Å². The lowest BCUT2D eigenvalue weighted by Crippen LogP contribution is -2.29. The summed E-state index contributed by atoms with van der Waals surface area (Å²) in [5.41, 5.74) is 0. The van der Waals surface area contributed by atoms with Gasteiger partial charge >= 0.3 is 0 Å². The predicted molar refractivity (Wildman–Crippen MR) is 36.9 cm³/mol. The van der Waals surface area contributed by atoms with Gasteiger partial charge in [0.2, 0.25) is 0 Å². The molecule has 5 nitrogen and oxygen atoms in total. The van der Waals surface area contributed by atoms with Crippen molar-refractivity contribution < 1.29 is 4.74 Å². The first-order valence-electron chi connectivity index (χ1n) is 3.56. The van der Waals surface area contributed by atoms with Crippen molar-refractivity contribution in [2.75, 3.05) is 19.8 Å². The first kappa shape index (κ1) is 6.75. The molecule has 0 aromatic carbocycles. The van der Waals surface area contributed by atoms with E-state index in [4.69, 9.17) is 4.74 Å². The van der Waals surface area contributed by atoms with Crippen LogP contribution in [0, 0.1) is 0 Å². The predicted octanol–water partition coefficient (Wildman–Crippen LogP) is -0.520. The first-order chi connectivity index (χ1) is 5.47. The number of rotatable bonds is 1. The lowest BCUT2D eigenvalue weighted by Gasteiger charge is -2.19. The highest BCUT2D eigenvalue weighted by Crippen LogP contribution is 2.10. The number of nitrogens with one attached hydrogen (secondary N) is 1. The van der Waals surface area contributed by atoms with E-state index in [1.807, 2.05) is 0 Å². The van der Waals surface area contributed by atoms with E-state index in [1.54, 1.807) is 0 Å². The molecule has 1 aromatic rings. The third-order valence-electron chi connectivity index (χ3n) is 1.61. The fourth-order valence-electron chi connectivity index (χ4n) is 1.06. The van der Waals surface area contributed by atoms with Gasteiger partial charge in [0.1, 0.15) is 18.2 Å². The van der Waals surface area contributed by atoms with Crippen molar-refractivity contribution in [2.45, 2.75) is 6.04 Å². The highest BCUT2D eigenvalue weighted by molar-refractivity contribution is 4.92. The van der Waals surface area contributed by atoms with Gasteiger partial charge in [0.05, 0.1) is 13.2 Å². The molecular formula is C6H9N4O. The van der Waals surface area contributed by atoms with Crippen molar-refractivity contribution >= 4 is 0 Å². The van der Waals surface area contributed by atoms with Gasteiger partial charge in [0.15, 0.2) is 0 Å². The van der Waals surface area contributed by atoms with E-state index >= 15 is 0 Å². The Kier molecular flexibility index (Phi) is 1.83. The molecule has 0 saturated carbocycles. The number of hydrogen-bond donors (Lipinski definition) is 1. The van der Waals surface area contributed by atoms with Crippen LogP contribution in [0.15, 0.2) is 6.33 Å². The molecule has 1 aromatic heterocycles. The molecule has 1 saturated heterocycles. The van der Waals surface area contributed by atoms with Crippen molar-refractivity contribution in [1.29, 1.82) is 0 Å². The van der Waals surface area contributed by atoms with Crippen LogP contribution in [0.5, 0.6) is 0 Å². The maximum absolute atomic E-state index is 5.22. The summed E-state index contributed by atoms with van der Waals surface area (Å²) in [4.78, 5) is 4.00. The molecule has 0 amide bonds. The number of H-pyrrole nitrogens is 1. The molecule has 0 aliphatic carbocycles. The Morgan fingerprint density at radius 3 is 3.27 bits per heavy atom. The maximum atomic E-state index is 5.22. The summed E-state index contributed by atoms with van der Waals surface area (Å²) in [6, 6.07) is 0.0613. The monoisotopic (exact) mass is 153 g/mol. The second kappa shape index (κ2) is 2.98. The molecule has 1 atom stereocenters. The summed E-state index contributed by atoms with van der Waals surface area (Å²) in [5, 5.41) is 10.8. The van der Waals surface area contributed by atoms with Crippen molar-refractivity contribution in [3.05, 3.63) is 12.2 Å². The average Bonchev–Trinajstić information content (AvgIpc) is 2.58. The van der Waals surface area contributed by atoms with Crippen molar-refractivity contribution in [2.24, 2.45) is 0 Å². The maximum Gasteiger partial charge on any atom is 0.145 e. The molecule has 1 unspecified atom stereocenters. The summed E-state index contributed by atoms with van der Waals surface area (Å²) < 4.78 is 5.22. The van der Waals surface area contributed by atoms with Crippen LogP contribution in [0.3, 0.4) is 0 Å². The summed E-state index contributed by atoms with van der Waals surface area (Å²) in [7, 11) is 0. The normalized spacial score (nSPS) is 25.3. The molecule has 1 aliphatic rings. The number of ether oxygens (including phenoxy) is 1. The van der Waals surface area contributed by atoms with E-state index in [2.05, 4.69) is 20.5 Å². The molecule has 1 N–H and O–H groups in total. The van der Waals surface area contributed by atoms with Crippen LogP contribution in [-0.2, 0) is 4.74 Å². The number of aromatic amines is 1. The van der Waals surface area contributed by atoms with Gasteiger partial charge in [-0.05, 0) is 0 Å². The van der Waals surface area contributed by atoms with Crippen LogP contribution in [0.1, 0.15) is 11.9 Å². The van der Waals surface area contributed by atoms with Gasteiger partial charge in [-0.1, -0.05) is 0 Å². The smallest absolute Gasteiger partial charge is 0.145 e. The molecule has 2 heterocycles. The van der Waals surface area contributed by atoms with Crippen molar-refractivity contribution in [3.8, 4) is 0 Å². The third kappa shape index (κ3) is 1.38. The Bertz CT molecular complexity index is 204. The molecule has 1 fully saturated rings. The highest BCUT2D eigenvalue weighted by atomic mass is 16.5. The fourth-order valence-corrected chi connectivity index (χ4v) is 1.06. The minimum atomic E-state index is 0.0613. The lowest BCUT2D eigenvalue weighted by molar-refractivity contribution is 0.0719. The van der Waals surface area contributed by atoms with Crippen LogP contribution in [0.2, 0.25) is 0 Å². The van der Waals surface area contributed by atoms with Crippen LogP contribution in [0.4, 0.5) is 0 Å². The van der Waals surface area contributed by atoms with Gasteiger partial charge in [-0.15, -0.1) is 0 Å². The zero-order valence-corrected chi connectivity index (χ0v) is 6.03. The van der Waals surface area contributed by atoms with E-state index in [9.17, 15) is 0 Å². The Balaban J connectivity index is 2.04. The van der Waals surface area contributed by atoms with E-state index in [1.165, 1.54) is 6.33 Å². The lowest BCUT2D eigenvalue weighted by atomic mass is 10.3. The van der Waals surface area contributed by atoms with Crippen LogP contribution in [0.25, 0.3) is 0 Å². The van der Waals surface area contributed by atoms with Crippen LogP contribution < -0.4 is 5.32 Å².